The number of hydrogen-bond acceptors (Lipinski definition) is 1. The summed E-state index contributed by atoms with van der Waals surface area (Å²) in [4.78, 5) is 0. The molecule has 0 fully saturated rings. The SMILES string of the molecule is C=C(CC)CC(NCCC)C(CCC)CCC. The lowest BCUT2D eigenvalue weighted by Crippen LogP contribution is -2.37. The van der Waals surface area contributed by atoms with Gasteiger partial charge in [0.15, 0.2) is 0 Å². The zero-order chi connectivity index (χ0) is 13.1. The van der Waals surface area contributed by atoms with Crippen molar-refractivity contribution >= 4 is 0 Å². The summed E-state index contributed by atoms with van der Waals surface area (Å²) in [6.07, 6.45) is 8.82. The molecule has 0 saturated carbocycles. The second kappa shape index (κ2) is 10.8. The maximum Gasteiger partial charge on any atom is 0.0132 e. The van der Waals surface area contributed by atoms with E-state index in [9.17, 15) is 0 Å². The summed E-state index contributed by atoms with van der Waals surface area (Å²) in [5, 5.41) is 3.74. The highest BCUT2D eigenvalue weighted by molar-refractivity contribution is 4.98. The third-order valence-corrected chi connectivity index (χ3v) is 3.55. The fourth-order valence-electron chi connectivity index (χ4n) is 2.48. The van der Waals surface area contributed by atoms with E-state index in [4.69, 9.17) is 0 Å². The first-order valence-electron chi connectivity index (χ1n) is 7.59. The predicted octanol–water partition coefficient (Wildman–Crippen LogP) is 4.93. The summed E-state index contributed by atoms with van der Waals surface area (Å²) in [6, 6.07) is 0.655. The third-order valence-electron chi connectivity index (χ3n) is 3.55. The Hall–Kier alpha value is -0.300. The lowest BCUT2D eigenvalue weighted by atomic mass is 9.86. The lowest BCUT2D eigenvalue weighted by Gasteiger charge is -2.28. The molecule has 1 heteroatoms. The first-order valence-corrected chi connectivity index (χ1v) is 7.59. The Morgan fingerprint density at radius 3 is 2.00 bits per heavy atom. The summed E-state index contributed by atoms with van der Waals surface area (Å²) >= 11 is 0. The summed E-state index contributed by atoms with van der Waals surface area (Å²) in [7, 11) is 0. The summed E-state index contributed by atoms with van der Waals surface area (Å²) in [5.74, 6) is 0.833. The molecule has 0 aromatic carbocycles. The van der Waals surface area contributed by atoms with E-state index >= 15 is 0 Å². The number of nitrogens with one attached hydrogen (secondary N) is 1. The molecule has 0 bridgehead atoms. The number of rotatable bonds is 11. The first kappa shape index (κ1) is 16.7. The molecule has 1 N–H and O–H groups in total. The van der Waals surface area contributed by atoms with Crippen molar-refractivity contribution in [3.05, 3.63) is 12.2 Å². The van der Waals surface area contributed by atoms with Crippen LogP contribution in [0.15, 0.2) is 12.2 Å². The van der Waals surface area contributed by atoms with E-state index in [0.29, 0.717) is 6.04 Å². The molecule has 1 nitrogen and oxygen atoms in total. The van der Waals surface area contributed by atoms with Crippen molar-refractivity contribution in [2.24, 2.45) is 5.92 Å². The van der Waals surface area contributed by atoms with Gasteiger partial charge >= 0.3 is 0 Å². The Morgan fingerprint density at radius 1 is 1.00 bits per heavy atom. The van der Waals surface area contributed by atoms with Gasteiger partial charge in [0.25, 0.3) is 0 Å². The van der Waals surface area contributed by atoms with Crippen LogP contribution >= 0.6 is 0 Å². The van der Waals surface area contributed by atoms with E-state index in [1.165, 1.54) is 44.1 Å². The van der Waals surface area contributed by atoms with Crippen LogP contribution in [0.4, 0.5) is 0 Å². The van der Waals surface area contributed by atoms with E-state index in [1.54, 1.807) is 0 Å². The molecular formula is C16H33N. The zero-order valence-electron chi connectivity index (χ0n) is 12.5. The standard InChI is InChI=1S/C16H33N/c1-6-10-15(11-7-2)16(17-12-8-3)13-14(5)9-4/h15-17H,5-13H2,1-4H3. The van der Waals surface area contributed by atoms with Crippen molar-refractivity contribution in [2.45, 2.75) is 78.7 Å². The van der Waals surface area contributed by atoms with E-state index in [2.05, 4.69) is 39.6 Å². The molecule has 0 aromatic rings. The van der Waals surface area contributed by atoms with Crippen LogP contribution < -0.4 is 5.32 Å². The Balaban J connectivity index is 4.41. The highest BCUT2D eigenvalue weighted by Gasteiger charge is 2.19. The highest BCUT2D eigenvalue weighted by Crippen LogP contribution is 2.23. The van der Waals surface area contributed by atoms with Crippen LogP contribution in [-0.4, -0.2) is 12.6 Å². The normalized spacial score (nSPS) is 13.0. The molecule has 0 aromatic heterocycles. The first-order chi connectivity index (χ1) is 8.19. The van der Waals surface area contributed by atoms with Crippen molar-refractivity contribution < 1.29 is 0 Å². The molecule has 17 heavy (non-hydrogen) atoms. The number of hydrogen-bond donors (Lipinski definition) is 1. The Morgan fingerprint density at radius 2 is 1.59 bits per heavy atom. The second-order valence-electron chi connectivity index (χ2n) is 5.21. The van der Waals surface area contributed by atoms with Crippen molar-refractivity contribution in [2.75, 3.05) is 6.54 Å². The van der Waals surface area contributed by atoms with E-state index in [0.717, 1.165) is 18.9 Å². The largest absolute Gasteiger partial charge is 0.313 e. The topological polar surface area (TPSA) is 12.0 Å². The minimum absolute atomic E-state index is 0.655. The van der Waals surface area contributed by atoms with E-state index in [1.807, 2.05) is 0 Å². The molecule has 1 atom stereocenters. The lowest BCUT2D eigenvalue weighted by molar-refractivity contribution is 0.307. The van der Waals surface area contributed by atoms with Gasteiger partial charge in [-0.1, -0.05) is 52.7 Å². The van der Waals surface area contributed by atoms with Gasteiger partial charge < -0.3 is 5.32 Å². The Kier molecular flexibility index (Phi) is 10.6. The van der Waals surface area contributed by atoms with Gasteiger partial charge in [-0.15, -0.1) is 0 Å². The van der Waals surface area contributed by atoms with Crippen LogP contribution in [-0.2, 0) is 0 Å². The molecule has 0 aliphatic rings. The Bertz CT molecular complexity index is 180. The molecule has 0 amide bonds. The average Bonchev–Trinajstić information content (AvgIpc) is 2.34. The van der Waals surface area contributed by atoms with Gasteiger partial charge in [-0.05, 0) is 44.6 Å². The third kappa shape index (κ3) is 7.59. The Labute approximate surface area is 109 Å². The van der Waals surface area contributed by atoms with Crippen molar-refractivity contribution in [1.29, 1.82) is 0 Å². The van der Waals surface area contributed by atoms with E-state index in [-0.39, 0.29) is 0 Å². The van der Waals surface area contributed by atoms with Crippen LogP contribution in [0.2, 0.25) is 0 Å². The maximum atomic E-state index is 4.18. The maximum absolute atomic E-state index is 4.18. The monoisotopic (exact) mass is 239 g/mol. The fourth-order valence-corrected chi connectivity index (χ4v) is 2.48. The quantitative estimate of drug-likeness (QED) is 0.504. The summed E-state index contributed by atoms with van der Waals surface area (Å²) < 4.78 is 0. The van der Waals surface area contributed by atoms with Gasteiger partial charge in [0, 0.05) is 6.04 Å². The molecule has 0 spiro atoms. The van der Waals surface area contributed by atoms with Crippen molar-refractivity contribution in [3.8, 4) is 0 Å². The van der Waals surface area contributed by atoms with Crippen LogP contribution in [0, 0.1) is 5.92 Å². The summed E-state index contributed by atoms with van der Waals surface area (Å²) in [6.45, 7) is 14.4. The molecular weight excluding hydrogens is 206 g/mol. The summed E-state index contributed by atoms with van der Waals surface area (Å²) in [5.41, 5.74) is 1.40. The van der Waals surface area contributed by atoms with Crippen LogP contribution in [0.3, 0.4) is 0 Å². The van der Waals surface area contributed by atoms with Gasteiger partial charge in [0.2, 0.25) is 0 Å². The van der Waals surface area contributed by atoms with Crippen LogP contribution in [0.1, 0.15) is 72.6 Å². The van der Waals surface area contributed by atoms with Gasteiger partial charge in [-0.3, -0.25) is 0 Å². The highest BCUT2D eigenvalue weighted by atomic mass is 14.9. The molecule has 0 aliphatic carbocycles. The average molecular weight is 239 g/mol. The molecule has 0 saturated heterocycles. The van der Waals surface area contributed by atoms with Crippen LogP contribution in [0.25, 0.3) is 0 Å². The van der Waals surface area contributed by atoms with Gasteiger partial charge in [-0.2, -0.15) is 0 Å². The predicted molar refractivity (Wildman–Crippen MR) is 79.4 cm³/mol. The van der Waals surface area contributed by atoms with Crippen molar-refractivity contribution in [1.82, 2.24) is 5.32 Å². The van der Waals surface area contributed by atoms with E-state index < -0.39 is 0 Å². The van der Waals surface area contributed by atoms with Gasteiger partial charge in [0.05, 0.1) is 0 Å². The van der Waals surface area contributed by atoms with Crippen LogP contribution in [0.5, 0.6) is 0 Å². The minimum atomic E-state index is 0.655. The zero-order valence-corrected chi connectivity index (χ0v) is 12.5. The molecule has 0 heterocycles. The fraction of sp³-hybridized carbons (Fsp3) is 0.875. The van der Waals surface area contributed by atoms with Gasteiger partial charge in [-0.25, -0.2) is 0 Å². The van der Waals surface area contributed by atoms with Gasteiger partial charge in [0.1, 0.15) is 0 Å². The minimum Gasteiger partial charge on any atom is -0.313 e. The molecule has 1 unspecified atom stereocenters. The smallest absolute Gasteiger partial charge is 0.0132 e. The molecule has 102 valence electrons. The van der Waals surface area contributed by atoms with Crippen molar-refractivity contribution in [3.63, 3.8) is 0 Å². The molecule has 0 radical (unpaired) electrons. The molecule has 0 rings (SSSR count). The molecule has 0 aliphatic heterocycles. The second-order valence-corrected chi connectivity index (χ2v) is 5.21.